The highest BCUT2D eigenvalue weighted by molar-refractivity contribution is 5.94. The SMILES string of the molecule is N=N/C=N/NNC(=O)c1ccc(N)cc1. The predicted molar refractivity (Wildman–Crippen MR) is 55.1 cm³/mol. The third-order valence-electron chi connectivity index (χ3n) is 1.52. The predicted octanol–water partition coefficient (Wildman–Crippen LogP) is 0.477. The van der Waals surface area contributed by atoms with Crippen LogP contribution in [0.3, 0.4) is 0 Å². The van der Waals surface area contributed by atoms with Crippen molar-refractivity contribution in [3.8, 4) is 0 Å². The molecule has 1 amide bonds. The van der Waals surface area contributed by atoms with Crippen LogP contribution in [0.4, 0.5) is 5.69 Å². The van der Waals surface area contributed by atoms with E-state index in [1.54, 1.807) is 24.3 Å². The molecule has 15 heavy (non-hydrogen) atoms. The third kappa shape index (κ3) is 3.43. The lowest BCUT2D eigenvalue weighted by molar-refractivity contribution is 0.0934. The molecule has 78 valence electrons. The molecule has 0 aliphatic rings. The molecule has 1 aromatic carbocycles. The minimum absolute atomic E-state index is 0.350. The van der Waals surface area contributed by atoms with Crippen LogP contribution in [-0.2, 0) is 0 Å². The quantitative estimate of drug-likeness (QED) is 0.189. The molecule has 0 unspecified atom stereocenters. The van der Waals surface area contributed by atoms with E-state index < -0.39 is 0 Å². The van der Waals surface area contributed by atoms with Gasteiger partial charge in [-0.3, -0.25) is 4.79 Å². The fourth-order valence-electron chi connectivity index (χ4n) is 0.847. The zero-order chi connectivity index (χ0) is 11.1. The van der Waals surface area contributed by atoms with E-state index in [-0.39, 0.29) is 5.91 Å². The number of hydrogen-bond donors (Lipinski definition) is 4. The molecule has 0 radical (unpaired) electrons. The van der Waals surface area contributed by atoms with E-state index in [0.717, 1.165) is 6.34 Å². The molecule has 0 heterocycles. The second-order valence-corrected chi connectivity index (χ2v) is 2.56. The van der Waals surface area contributed by atoms with Gasteiger partial charge < -0.3 is 5.73 Å². The van der Waals surface area contributed by atoms with Crippen LogP contribution in [-0.4, -0.2) is 12.2 Å². The summed E-state index contributed by atoms with van der Waals surface area (Å²) in [5.41, 5.74) is 17.4. The molecule has 0 spiro atoms. The number of hydrazine groups is 1. The lowest BCUT2D eigenvalue weighted by atomic mass is 10.2. The first-order valence-electron chi connectivity index (χ1n) is 4.03. The molecular weight excluding hydrogens is 196 g/mol. The third-order valence-corrected chi connectivity index (χ3v) is 1.52. The van der Waals surface area contributed by atoms with E-state index in [2.05, 4.69) is 21.2 Å². The maximum atomic E-state index is 11.4. The van der Waals surface area contributed by atoms with Crippen LogP contribution in [0, 0.1) is 5.53 Å². The molecule has 0 saturated carbocycles. The van der Waals surface area contributed by atoms with E-state index in [4.69, 9.17) is 11.3 Å². The fourth-order valence-corrected chi connectivity index (χ4v) is 0.847. The largest absolute Gasteiger partial charge is 0.399 e. The normalized spacial score (nSPS) is 9.87. The number of benzene rings is 1. The number of hydrazone groups is 1. The highest BCUT2D eigenvalue weighted by atomic mass is 16.2. The molecule has 7 heteroatoms. The first-order chi connectivity index (χ1) is 7.24. The number of carbonyl (C=O) groups excluding carboxylic acids is 1. The molecule has 1 aromatic rings. The number of hydrogen-bond acceptors (Lipinski definition) is 5. The average molecular weight is 206 g/mol. The van der Waals surface area contributed by atoms with Crippen LogP contribution in [0.5, 0.6) is 0 Å². The Kier molecular flexibility index (Phi) is 3.78. The van der Waals surface area contributed by atoms with Crippen molar-refractivity contribution < 1.29 is 4.79 Å². The molecule has 0 bridgehead atoms. The van der Waals surface area contributed by atoms with E-state index in [9.17, 15) is 4.79 Å². The Hall–Kier alpha value is -2.44. The number of amides is 1. The standard InChI is InChI=1S/C8H10N6O/c9-7-3-1-6(2-4-7)8(15)13-14-12-5-11-10/h1-5,10,14H,9H2,(H,13,15)/b11-10?,12-5+. The molecule has 0 saturated heterocycles. The lowest BCUT2D eigenvalue weighted by Gasteiger charge is -2.02. The second kappa shape index (κ2) is 5.32. The molecule has 1 rings (SSSR count). The molecule has 0 aromatic heterocycles. The fraction of sp³-hybridized carbons (Fsp3) is 0. The van der Waals surface area contributed by atoms with Crippen LogP contribution >= 0.6 is 0 Å². The Morgan fingerprint density at radius 3 is 2.67 bits per heavy atom. The van der Waals surface area contributed by atoms with Gasteiger partial charge in [0.2, 0.25) is 0 Å². The van der Waals surface area contributed by atoms with Gasteiger partial charge in [-0.15, -0.1) is 10.2 Å². The molecule has 7 nitrogen and oxygen atoms in total. The monoisotopic (exact) mass is 206 g/mol. The number of nitrogens with one attached hydrogen (secondary N) is 3. The summed E-state index contributed by atoms with van der Waals surface area (Å²) < 4.78 is 0. The van der Waals surface area contributed by atoms with Gasteiger partial charge in [-0.25, -0.2) is 16.5 Å². The Labute approximate surface area is 85.8 Å². The van der Waals surface area contributed by atoms with E-state index in [1.807, 2.05) is 0 Å². The van der Waals surface area contributed by atoms with Gasteiger partial charge in [0, 0.05) is 11.3 Å². The zero-order valence-corrected chi connectivity index (χ0v) is 7.77. The van der Waals surface area contributed by atoms with Crippen molar-refractivity contribution in [3.63, 3.8) is 0 Å². The second-order valence-electron chi connectivity index (χ2n) is 2.56. The van der Waals surface area contributed by atoms with Crippen molar-refractivity contribution >= 4 is 17.9 Å². The van der Waals surface area contributed by atoms with Crippen molar-refractivity contribution in [2.24, 2.45) is 10.2 Å². The van der Waals surface area contributed by atoms with Crippen molar-refractivity contribution in [1.82, 2.24) is 11.0 Å². The summed E-state index contributed by atoms with van der Waals surface area (Å²) in [5, 5.41) is 6.23. The first-order valence-corrected chi connectivity index (χ1v) is 4.03. The smallest absolute Gasteiger partial charge is 0.270 e. The van der Waals surface area contributed by atoms with Crippen molar-refractivity contribution in [1.29, 1.82) is 5.53 Å². The minimum Gasteiger partial charge on any atom is -0.399 e. The van der Waals surface area contributed by atoms with Gasteiger partial charge >= 0.3 is 0 Å². The molecule has 5 N–H and O–H groups in total. The van der Waals surface area contributed by atoms with Crippen LogP contribution in [0.15, 0.2) is 34.5 Å². The number of nitrogens with zero attached hydrogens (tertiary/aromatic N) is 2. The highest BCUT2D eigenvalue weighted by Crippen LogP contribution is 2.04. The van der Waals surface area contributed by atoms with E-state index >= 15 is 0 Å². The summed E-state index contributed by atoms with van der Waals surface area (Å²) in [6, 6.07) is 6.42. The van der Waals surface area contributed by atoms with Crippen molar-refractivity contribution in [3.05, 3.63) is 29.8 Å². The number of anilines is 1. The summed E-state index contributed by atoms with van der Waals surface area (Å²) >= 11 is 0. The lowest BCUT2D eigenvalue weighted by Crippen LogP contribution is -2.33. The van der Waals surface area contributed by atoms with Crippen LogP contribution in [0.25, 0.3) is 0 Å². The number of rotatable bonds is 4. The van der Waals surface area contributed by atoms with Gasteiger partial charge in [-0.2, -0.15) is 0 Å². The first kappa shape index (κ1) is 10.6. The zero-order valence-electron chi connectivity index (χ0n) is 7.77. The van der Waals surface area contributed by atoms with Gasteiger partial charge in [0.1, 0.15) is 0 Å². The minimum atomic E-state index is -0.350. The van der Waals surface area contributed by atoms with Crippen molar-refractivity contribution in [2.45, 2.75) is 0 Å². The summed E-state index contributed by atoms with van der Waals surface area (Å²) in [6.45, 7) is 0. The van der Waals surface area contributed by atoms with Gasteiger partial charge in [0.05, 0.1) is 0 Å². The van der Waals surface area contributed by atoms with Gasteiger partial charge in [0.25, 0.3) is 5.91 Å². The summed E-state index contributed by atoms with van der Waals surface area (Å²) in [4.78, 5) is 11.4. The average Bonchev–Trinajstić information content (AvgIpc) is 2.25. The molecule has 0 aliphatic heterocycles. The van der Waals surface area contributed by atoms with Gasteiger partial charge in [0.15, 0.2) is 6.34 Å². The molecule has 0 aliphatic carbocycles. The topological polar surface area (TPSA) is 116 Å². The Morgan fingerprint density at radius 1 is 1.40 bits per heavy atom. The Bertz CT molecular complexity index is 371. The highest BCUT2D eigenvalue weighted by Gasteiger charge is 2.02. The summed E-state index contributed by atoms with van der Waals surface area (Å²) in [7, 11) is 0. The maximum Gasteiger partial charge on any atom is 0.270 e. The number of nitrogens with two attached hydrogens (primary N) is 1. The Balaban J connectivity index is 2.50. The van der Waals surface area contributed by atoms with E-state index in [0.29, 0.717) is 11.3 Å². The number of nitrogen functional groups attached to an aromatic ring is 1. The van der Waals surface area contributed by atoms with Gasteiger partial charge in [-0.1, -0.05) is 0 Å². The molecular formula is C8H10N6O. The number of carbonyl (C=O) groups is 1. The van der Waals surface area contributed by atoms with Crippen molar-refractivity contribution in [2.75, 3.05) is 5.73 Å². The van der Waals surface area contributed by atoms with Gasteiger partial charge in [-0.05, 0) is 24.3 Å². The molecule has 0 fully saturated rings. The van der Waals surface area contributed by atoms with Crippen LogP contribution in [0.2, 0.25) is 0 Å². The van der Waals surface area contributed by atoms with Crippen LogP contribution < -0.4 is 16.7 Å². The maximum absolute atomic E-state index is 11.4. The van der Waals surface area contributed by atoms with Crippen LogP contribution in [0.1, 0.15) is 10.4 Å². The summed E-state index contributed by atoms with van der Waals surface area (Å²) in [5.74, 6) is -0.350. The van der Waals surface area contributed by atoms with E-state index in [1.165, 1.54) is 0 Å². The Morgan fingerprint density at radius 2 is 2.07 bits per heavy atom. The molecule has 0 atom stereocenters. The summed E-state index contributed by atoms with van der Waals surface area (Å²) in [6.07, 6.45) is 0.948.